The van der Waals surface area contributed by atoms with Gasteiger partial charge >= 0.3 is 0 Å². The summed E-state index contributed by atoms with van der Waals surface area (Å²) in [6.45, 7) is 8.71. The molecule has 3 heteroatoms. The number of nitrogens with two attached hydrogens (primary N) is 1. The van der Waals surface area contributed by atoms with Gasteiger partial charge in [0.1, 0.15) is 5.75 Å². The van der Waals surface area contributed by atoms with Crippen molar-refractivity contribution in [1.29, 1.82) is 0 Å². The number of benzene rings is 1. The average molecular weight is 276 g/mol. The average Bonchev–Trinajstić information content (AvgIpc) is 2.49. The summed E-state index contributed by atoms with van der Waals surface area (Å²) in [7, 11) is 1.74. The van der Waals surface area contributed by atoms with Crippen LogP contribution in [-0.2, 0) is 6.42 Å². The van der Waals surface area contributed by atoms with Gasteiger partial charge in [0.25, 0.3) is 0 Å². The largest absolute Gasteiger partial charge is 0.496 e. The Morgan fingerprint density at radius 2 is 2.10 bits per heavy atom. The predicted molar refractivity (Wildman–Crippen MR) is 84.4 cm³/mol. The highest BCUT2D eigenvalue weighted by atomic mass is 16.5. The zero-order valence-corrected chi connectivity index (χ0v) is 13.1. The molecule has 1 aromatic carbocycles. The Hall–Kier alpha value is -1.06. The smallest absolute Gasteiger partial charge is 0.122 e. The molecule has 1 fully saturated rings. The fourth-order valence-electron chi connectivity index (χ4n) is 3.17. The molecule has 3 nitrogen and oxygen atoms in total. The first-order valence-corrected chi connectivity index (χ1v) is 7.71. The lowest BCUT2D eigenvalue weighted by Gasteiger charge is -2.32. The Morgan fingerprint density at radius 1 is 1.30 bits per heavy atom. The Kier molecular flexibility index (Phi) is 5.44. The Bertz CT molecular complexity index is 445. The standard InChI is InChI=1S/C17H28N2O/c1-13-14(2)17(20-3)7-6-16(13)8-10-19-9-4-5-15(11-18)12-19/h6-7,15H,4-5,8-12,18H2,1-3H3. The number of likely N-dealkylation sites (tertiary alicyclic amines) is 1. The zero-order chi connectivity index (χ0) is 14.5. The first kappa shape index (κ1) is 15.3. The van der Waals surface area contributed by atoms with Gasteiger partial charge in [-0.15, -0.1) is 0 Å². The van der Waals surface area contributed by atoms with Crippen LogP contribution in [0.1, 0.15) is 29.5 Å². The minimum absolute atomic E-state index is 0.697. The summed E-state index contributed by atoms with van der Waals surface area (Å²) in [5, 5.41) is 0. The van der Waals surface area contributed by atoms with Crippen LogP contribution in [0, 0.1) is 19.8 Å². The van der Waals surface area contributed by atoms with E-state index < -0.39 is 0 Å². The van der Waals surface area contributed by atoms with Gasteiger partial charge in [0.05, 0.1) is 7.11 Å². The first-order chi connectivity index (χ1) is 9.65. The second-order valence-electron chi connectivity index (χ2n) is 5.97. The van der Waals surface area contributed by atoms with Crippen LogP contribution in [0.15, 0.2) is 12.1 Å². The van der Waals surface area contributed by atoms with Gasteiger partial charge in [0.2, 0.25) is 0 Å². The Labute approximate surface area is 123 Å². The van der Waals surface area contributed by atoms with Crippen molar-refractivity contribution >= 4 is 0 Å². The van der Waals surface area contributed by atoms with E-state index in [0.29, 0.717) is 5.92 Å². The van der Waals surface area contributed by atoms with Gasteiger partial charge in [-0.05, 0) is 74.9 Å². The molecule has 20 heavy (non-hydrogen) atoms. The lowest BCUT2D eigenvalue weighted by Crippen LogP contribution is -2.39. The molecule has 0 radical (unpaired) electrons. The van der Waals surface area contributed by atoms with E-state index in [4.69, 9.17) is 10.5 Å². The second-order valence-corrected chi connectivity index (χ2v) is 5.97. The van der Waals surface area contributed by atoms with Crippen LogP contribution in [0.2, 0.25) is 0 Å². The number of hydrogen-bond donors (Lipinski definition) is 1. The molecule has 1 heterocycles. The van der Waals surface area contributed by atoms with Gasteiger partial charge < -0.3 is 15.4 Å². The topological polar surface area (TPSA) is 38.5 Å². The summed E-state index contributed by atoms with van der Waals surface area (Å²) < 4.78 is 5.38. The van der Waals surface area contributed by atoms with Crippen molar-refractivity contribution in [3.05, 3.63) is 28.8 Å². The lowest BCUT2D eigenvalue weighted by molar-refractivity contribution is 0.180. The van der Waals surface area contributed by atoms with Crippen LogP contribution in [0.25, 0.3) is 0 Å². The van der Waals surface area contributed by atoms with Crippen molar-refractivity contribution in [1.82, 2.24) is 4.90 Å². The fourth-order valence-corrected chi connectivity index (χ4v) is 3.17. The molecule has 0 saturated carbocycles. The third-order valence-corrected chi connectivity index (χ3v) is 4.70. The minimum Gasteiger partial charge on any atom is -0.496 e. The van der Waals surface area contributed by atoms with Crippen LogP contribution in [0.4, 0.5) is 0 Å². The molecule has 2 rings (SSSR count). The summed E-state index contributed by atoms with van der Waals surface area (Å²) >= 11 is 0. The molecule has 0 aliphatic carbocycles. The molecule has 2 N–H and O–H groups in total. The van der Waals surface area contributed by atoms with Crippen molar-refractivity contribution in [3.8, 4) is 5.75 Å². The van der Waals surface area contributed by atoms with Crippen molar-refractivity contribution in [3.63, 3.8) is 0 Å². The first-order valence-electron chi connectivity index (χ1n) is 7.71. The highest BCUT2D eigenvalue weighted by Gasteiger charge is 2.18. The molecule has 1 unspecified atom stereocenters. The van der Waals surface area contributed by atoms with Gasteiger partial charge in [0, 0.05) is 13.1 Å². The van der Waals surface area contributed by atoms with E-state index in [1.165, 1.54) is 42.6 Å². The maximum atomic E-state index is 5.81. The van der Waals surface area contributed by atoms with Gasteiger partial charge in [-0.2, -0.15) is 0 Å². The maximum absolute atomic E-state index is 5.81. The number of piperidine rings is 1. The maximum Gasteiger partial charge on any atom is 0.122 e. The third-order valence-electron chi connectivity index (χ3n) is 4.70. The highest BCUT2D eigenvalue weighted by molar-refractivity contribution is 5.43. The van der Waals surface area contributed by atoms with E-state index >= 15 is 0 Å². The van der Waals surface area contributed by atoms with Crippen LogP contribution in [0.3, 0.4) is 0 Å². The lowest BCUT2D eigenvalue weighted by atomic mass is 9.96. The van der Waals surface area contributed by atoms with Crippen molar-refractivity contribution < 1.29 is 4.74 Å². The summed E-state index contributed by atoms with van der Waals surface area (Å²) in [4.78, 5) is 2.57. The number of rotatable bonds is 5. The molecule has 1 atom stereocenters. The van der Waals surface area contributed by atoms with Gasteiger partial charge in [-0.25, -0.2) is 0 Å². The number of ether oxygens (including phenoxy) is 1. The van der Waals surface area contributed by atoms with Crippen LogP contribution in [0.5, 0.6) is 5.75 Å². The molecular formula is C17H28N2O. The SMILES string of the molecule is COc1ccc(CCN2CCCC(CN)C2)c(C)c1C. The second kappa shape index (κ2) is 7.09. The van der Waals surface area contributed by atoms with Gasteiger partial charge in [0.15, 0.2) is 0 Å². The number of hydrogen-bond acceptors (Lipinski definition) is 3. The van der Waals surface area contributed by atoms with E-state index in [9.17, 15) is 0 Å². The molecule has 1 aromatic rings. The molecule has 0 spiro atoms. The Balaban J connectivity index is 1.95. The van der Waals surface area contributed by atoms with Crippen molar-refractivity contribution in [2.45, 2.75) is 33.1 Å². The van der Waals surface area contributed by atoms with E-state index in [1.54, 1.807) is 7.11 Å². The third kappa shape index (κ3) is 3.53. The summed E-state index contributed by atoms with van der Waals surface area (Å²) in [6.07, 6.45) is 3.71. The molecule has 0 aromatic heterocycles. The van der Waals surface area contributed by atoms with E-state index in [2.05, 4.69) is 30.9 Å². The summed E-state index contributed by atoms with van der Waals surface area (Å²) in [5.74, 6) is 1.69. The van der Waals surface area contributed by atoms with Crippen LogP contribution < -0.4 is 10.5 Å². The van der Waals surface area contributed by atoms with E-state index in [-0.39, 0.29) is 0 Å². The molecule has 1 saturated heterocycles. The Morgan fingerprint density at radius 3 is 2.80 bits per heavy atom. The molecule has 1 aliphatic rings. The molecule has 0 bridgehead atoms. The zero-order valence-electron chi connectivity index (χ0n) is 13.1. The van der Waals surface area contributed by atoms with Gasteiger partial charge in [-0.1, -0.05) is 6.07 Å². The van der Waals surface area contributed by atoms with Crippen molar-refractivity contribution in [2.75, 3.05) is 33.3 Å². The van der Waals surface area contributed by atoms with Crippen LogP contribution in [-0.4, -0.2) is 38.2 Å². The molecule has 0 amide bonds. The number of methoxy groups -OCH3 is 1. The predicted octanol–water partition coefficient (Wildman–Crippen LogP) is 2.53. The minimum atomic E-state index is 0.697. The molecule has 112 valence electrons. The fraction of sp³-hybridized carbons (Fsp3) is 0.647. The van der Waals surface area contributed by atoms with Crippen LogP contribution >= 0.6 is 0 Å². The molecule has 1 aliphatic heterocycles. The highest BCUT2D eigenvalue weighted by Crippen LogP contribution is 2.24. The van der Waals surface area contributed by atoms with E-state index in [1.807, 2.05) is 0 Å². The summed E-state index contributed by atoms with van der Waals surface area (Å²) in [6, 6.07) is 4.31. The van der Waals surface area contributed by atoms with Gasteiger partial charge in [-0.3, -0.25) is 0 Å². The van der Waals surface area contributed by atoms with E-state index in [0.717, 1.165) is 25.3 Å². The molecular weight excluding hydrogens is 248 g/mol. The quantitative estimate of drug-likeness (QED) is 0.898. The summed E-state index contributed by atoms with van der Waals surface area (Å²) in [5.41, 5.74) is 9.89. The van der Waals surface area contributed by atoms with Crippen molar-refractivity contribution in [2.24, 2.45) is 11.7 Å². The number of nitrogens with zero attached hydrogens (tertiary/aromatic N) is 1. The monoisotopic (exact) mass is 276 g/mol. The normalized spacial score (nSPS) is 20.1.